The van der Waals surface area contributed by atoms with E-state index in [1.165, 1.54) is 0 Å². The van der Waals surface area contributed by atoms with Gasteiger partial charge >= 0.3 is 0 Å². The van der Waals surface area contributed by atoms with Crippen LogP contribution < -0.4 is 5.32 Å². The van der Waals surface area contributed by atoms with Crippen molar-refractivity contribution in [3.8, 4) is 6.07 Å². The van der Waals surface area contributed by atoms with E-state index < -0.39 is 0 Å². The molecule has 0 spiro atoms. The summed E-state index contributed by atoms with van der Waals surface area (Å²) in [6.45, 7) is 6.72. The molecule has 0 aromatic rings. The molecule has 1 saturated heterocycles. The largest absolute Gasteiger partial charge is 0.394 e. The summed E-state index contributed by atoms with van der Waals surface area (Å²) in [6, 6.07) is 2.19. The highest BCUT2D eigenvalue weighted by molar-refractivity contribution is 4.91. The van der Waals surface area contributed by atoms with Gasteiger partial charge in [-0.25, -0.2) is 0 Å². The lowest BCUT2D eigenvalue weighted by Crippen LogP contribution is -2.54. The van der Waals surface area contributed by atoms with Gasteiger partial charge in [0, 0.05) is 31.7 Å². The first kappa shape index (κ1) is 14.4. The molecule has 0 radical (unpaired) electrons. The Morgan fingerprint density at radius 3 is 2.59 bits per heavy atom. The van der Waals surface area contributed by atoms with Crippen LogP contribution in [-0.2, 0) is 4.74 Å². The van der Waals surface area contributed by atoms with E-state index in [0.29, 0.717) is 19.6 Å². The molecule has 0 saturated carbocycles. The van der Waals surface area contributed by atoms with Crippen molar-refractivity contribution in [3.63, 3.8) is 0 Å². The van der Waals surface area contributed by atoms with E-state index in [-0.39, 0.29) is 17.6 Å². The number of aliphatic hydroxyl groups is 1. The minimum Gasteiger partial charge on any atom is -0.394 e. The van der Waals surface area contributed by atoms with E-state index in [1.54, 1.807) is 0 Å². The molecule has 4 nitrogen and oxygen atoms in total. The van der Waals surface area contributed by atoms with E-state index in [0.717, 1.165) is 25.8 Å². The Labute approximate surface area is 104 Å². The third-order valence-electron chi connectivity index (χ3n) is 3.61. The van der Waals surface area contributed by atoms with Gasteiger partial charge in [0.1, 0.15) is 0 Å². The van der Waals surface area contributed by atoms with Gasteiger partial charge in [0.15, 0.2) is 0 Å². The molecule has 0 aliphatic carbocycles. The topological polar surface area (TPSA) is 65.3 Å². The van der Waals surface area contributed by atoms with Gasteiger partial charge in [-0.15, -0.1) is 0 Å². The Bertz CT molecular complexity index is 265. The van der Waals surface area contributed by atoms with Gasteiger partial charge in [-0.05, 0) is 24.7 Å². The van der Waals surface area contributed by atoms with Gasteiger partial charge in [0.25, 0.3) is 0 Å². The summed E-state index contributed by atoms with van der Waals surface area (Å²) in [4.78, 5) is 0. The van der Waals surface area contributed by atoms with Crippen molar-refractivity contribution < 1.29 is 9.84 Å². The van der Waals surface area contributed by atoms with Crippen LogP contribution in [0, 0.1) is 16.7 Å². The predicted molar refractivity (Wildman–Crippen MR) is 66.5 cm³/mol. The number of nitriles is 1. The zero-order chi connectivity index (χ0) is 12.8. The normalized spacial score (nSPS) is 19.9. The Morgan fingerprint density at radius 2 is 2.06 bits per heavy atom. The summed E-state index contributed by atoms with van der Waals surface area (Å²) in [7, 11) is 0. The maximum Gasteiger partial charge on any atom is 0.0621 e. The fourth-order valence-corrected chi connectivity index (χ4v) is 2.06. The van der Waals surface area contributed by atoms with Crippen molar-refractivity contribution >= 4 is 0 Å². The quantitative estimate of drug-likeness (QED) is 0.737. The molecular formula is C13H24N2O2. The van der Waals surface area contributed by atoms with Crippen LogP contribution in [0.1, 0.15) is 39.5 Å². The highest BCUT2D eigenvalue weighted by atomic mass is 16.5. The number of rotatable bonds is 6. The minimum atomic E-state index is -0.178. The smallest absolute Gasteiger partial charge is 0.0621 e. The van der Waals surface area contributed by atoms with Gasteiger partial charge < -0.3 is 15.2 Å². The van der Waals surface area contributed by atoms with Crippen molar-refractivity contribution in [1.82, 2.24) is 5.32 Å². The first-order valence-corrected chi connectivity index (χ1v) is 6.34. The van der Waals surface area contributed by atoms with Crippen molar-refractivity contribution in [2.75, 3.05) is 26.4 Å². The highest BCUT2D eigenvalue weighted by Gasteiger charge is 2.33. The zero-order valence-corrected chi connectivity index (χ0v) is 11.0. The number of nitrogens with one attached hydrogen (secondary N) is 1. The summed E-state index contributed by atoms with van der Waals surface area (Å²) < 4.78 is 5.33. The second kappa shape index (κ2) is 6.34. The summed E-state index contributed by atoms with van der Waals surface area (Å²) >= 11 is 0. The van der Waals surface area contributed by atoms with Gasteiger partial charge in [-0.2, -0.15) is 5.26 Å². The molecule has 2 N–H and O–H groups in total. The summed E-state index contributed by atoms with van der Waals surface area (Å²) in [5.41, 5.74) is -0.0850. The lowest BCUT2D eigenvalue weighted by atomic mass is 9.84. The standard InChI is InChI=1S/C13H24N2O2/c1-12(2,4-3-7-14)10-15-13(11-16)5-8-17-9-6-13/h15-16H,3-6,8-11H2,1-2H3. The van der Waals surface area contributed by atoms with Crippen LogP contribution in [0.5, 0.6) is 0 Å². The molecule has 0 aromatic heterocycles. The fraction of sp³-hybridized carbons (Fsp3) is 0.923. The summed E-state index contributed by atoms with van der Waals surface area (Å²) in [5.74, 6) is 0. The van der Waals surface area contributed by atoms with E-state index in [9.17, 15) is 5.11 Å². The maximum absolute atomic E-state index is 9.54. The molecular weight excluding hydrogens is 216 g/mol. The molecule has 98 valence electrons. The van der Waals surface area contributed by atoms with Gasteiger partial charge in [0.05, 0.1) is 12.7 Å². The van der Waals surface area contributed by atoms with E-state index in [4.69, 9.17) is 10.00 Å². The number of hydrogen-bond donors (Lipinski definition) is 2. The third-order valence-corrected chi connectivity index (χ3v) is 3.61. The molecule has 0 bridgehead atoms. The first-order chi connectivity index (χ1) is 8.04. The monoisotopic (exact) mass is 240 g/mol. The predicted octanol–water partition coefficient (Wildman–Crippen LogP) is 1.45. The lowest BCUT2D eigenvalue weighted by molar-refractivity contribution is 0.00761. The summed E-state index contributed by atoms with van der Waals surface area (Å²) in [6.07, 6.45) is 3.19. The van der Waals surface area contributed by atoms with Crippen LogP contribution in [0.2, 0.25) is 0 Å². The molecule has 1 fully saturated rings. The Hall–Kier alpha value is -0.630. The van der Waals surface area contributed by atoms with Crippen LogP contribution in [0.15, 0.2) is 0 Å². The van der Waals surface area contributed by atoms with Crippen molar-refractivity contribution in [2.24, 2.45) is 5.41 Å². The summed E-state index contributed by atoms with van der Waals surface area (Å²) in [5, 5.41) is 21.7. The highest BCUT2D eigenvalue weighted by Crippen LogP contribution is 2.25. The van der Waals surface area contributed by atoms with Crippen LogP contribution in [0.3, 0.4) is 0 Å². The Kier molecular flexibility index (Phi) is 5.38. The first-order valence-electron chi connectivity index (χ1n) is 6.34. The molecule has 17 heavy (non-hydrogen) atoms. The lowest BCUT2D eigenvalue weighted by Gasteiger charge is -2.39. The van der Waals surface area contributed by atoms with Crippen LogP contribution in [-0.4, -0.2) is 37.0 Å². The molecule has 4 heteroatoms. The van der Waals surface area contributed by atoms with E-state index in [2.05, 4.69) is 25.2 Å². The fourth-order valence-electron chi connectivity index (χ4n) is 2.06. The molecule has 1 aliphatic heterocycles. The average Bonchev–Trinajstić information content (AvgIpc) is 2.35. The van der Waals surface area contributed by atoms with Crippen molar-refractivity contribution in [1.29, 1.82) is 5.26 Å². The average molecular weight is 240 g/mol. The van der Waals surface area contributed by atoms with Gasteiger partial charge in [0.2, 0.25) is 0 Å². The molecule has 1 aliphatic rings. The molecule has 1 rings (SSSR count). The minimum absolute atomic E-state index is 0.0935. The molecule has 0 unspecified atom stereocenters. The van der Waals surface area contributed by atoms with E-state index in [1.807, 2.05) is 0 Å². The van der Waals surface area contributed by atoms with Crippen LogP contribution in [0.25, 0.3) is 0 Å². The second-order valence-corrected chi connectivity index (χ2v) is 5.73. The third kappa shape index (κ3) is 4.63. The van der Waals surface area contributed by atoms with Crippen LogP contribution >= 0.6 is 0 Å². The Balaban J connectivity index is 2.43. The molecule has 0 aromatic carbocycles. The number of aliphatic hydroxyl groups excluding tert-OH is 1. The van der Waals surface area contributed by atoms with E-state index >= 15 is 0 Å². The zero-order valence-electron chi connectivity index (χ0n) is 11.0. The number of hydrogen-bond acceptors (Lipinski definition) is 4. The Morgan fingerprint density at radius 1 is 1.41 bits per heavy atom. The maximum atomic E-state index is 9.54. The van der Waals surface area contributed by atoms with Gasteiger partial charge in [-0.3, -0.25) is 0 Å². The molecule has 0 amide bonds. The number of nitrogens with zero attached hydrogens (tertiary/aromatic N) is 1. The van der Waals surface area contributed by atoms with Crippen molar-refractivity contribution in [3.05, 3.63) is 0 Å². The van der Waals surface area contributed by atoms with Gasteiger partial charge in [-0.1, -0.05) is 13.8 Å². The molecule has 1 heterocycles. The second-order valence-electron chi connectivity index (χ2n) is 5.73. The van der Waals surface area contributed by atoms with Crippen LogP contribution in [0.4, 0.5) is 0 Å². The molecule has 0 atom stereocenters. The van der Waals surface area contributed by atoms with Crippen molar-refractivity contribution in [2.45, 2.75) is 45.1 Å². The SMILES string of the molecule is CC(C)(CCC#N)CNC1(CO)CCOCC1. The number of ether oxygens (including phenoxy) is 1.